The second-order valence-electron chi connectivity index (χ2n) is 5.93. The van der Waals surface area contributed by atoms with Crippen molar-refractivity contribution < 1.29 is 5.11 Å². The van der Waals surface area contributed by atoms with Gasteiger partial charge in [-0.2, -0.15) is 0 Å². The van der Waals surface area contributed by atoms with Gasteiger partial charge in [-0.05, 0) is 24.7 Å². The van der Waals surface area contributed by atoms with E-state index < -0.39 is 0 Å². The number of piperidine rings is 1. The molecule has 108 valence electrons. The summed E-state index contributed by atoms with van der Waals surface area (Å²) in [5.41, 5.74) is 1.62. The molecule has 0 bridgehead atoms. The highest BCUT2D eigenvalue weighted by Gasteiger charge is 2.29. The van der Waals surface area contributed by atoms with Gasteiger partial charge in [0.25, 0.3) is 0 Å². The first kappa shape index (κ1) is 14.8. The molecular formula is C15H26N2OS. The van der Waals surface area contributed by atoms with Crippen LogP contribution in [0.5, 0.6) is 0 Å². The predicted molar refractivity (Wildman–Crippen MR) is 81.9 cm³/mol. The fourth-order valence-electron chi connectivity index (χ4n) is 2.65. The van der Waals surface area contributed by atoms with Crippen LogP contribution in [0.25, 0.3) is 0 Å². The lowest BCUT2D eigenvalue weighted by molar-refractivity contribution is 0.238. The lowest BCUT2D eigenvalue weighted by Gasteiger charge is -2.38. The van der Waals surface area contributed by atoms with Gasteiger partial charge in [-0.3, -0.25) is 0 Å². The highest BCUT2D eigenvalue weighted by Crippen LogP contribution is 2.37. The number of rotatable bonds is 5. The molecule has 0 radical (unpaired) electrons. The molecule has 1 aliphatic rings. The summed E-state index contributed by atoms with van der Waals surface area (Å²) >= 11 is 1.68. The fraction of sp³-hybridized carbons (Fsp3) is 0.800. The van der Waals surface area contributed by atoms with E-state index in [-0.39, 0.29) is 6.61 Å². The highest BCUT2D eigenvalue weighted by molar-refractivity contribution is 7.15. The van der Waals surface area contributed by atoms with Crippen molar-refractivity contribution in [2.75, 3.05) is 18.0 Å². The van der Waals surface area contributed by atoms with Gasteiger partial charge >= 0.3 is 0 Å². The third kappa shape index (κ3) is 3.29. The van der Waals surface area contributed by atoms with Crippen molar-refractivity contribution in [1.82, 2.24) is 4.98 Å². The Morgan fingerprint density at radius 2 is 2.00 bits per heavy atom. The maximum atomic E-state index is 9.43. The van der Waals surface area contributed by atoms with Crippen LogP contribution < -0.4 is 4.90 Å². The summed E-state index contributed by atoms with van der Waals surface area (Å²) in [6, 6.07) is 0. The number of aryl methyl sites for hydroxylation is 1. The zero-order valence-corrected chi connectivity index (χ0v) is 13.2. The van der Waals surface area contributed by atoms with Crippen molar-refractivity contribution in [3.8, 4) is 0 Å². The van der Waals surface area contributed by atoms with Gasteiger partial charge in [0.15, 0.2) is 5.13 Å². The van der Waals surface area contributed by atoms with Crippen molar-refractivity contribution >= 4 is 16.5 Å². The lowest BCUT2D eigenvalue weighted by atomic mass is 9.78. The summed E-state index contributed by atoms with van der Waals surface area (Å²) in [6.45, 7) is 9.19. The average molecular weight is 282 g/mol. The zero-order chi connectivity index (χ0) is 13.9. The number of anilines is 1. The number of aliphatic hydroxyl groups is 1. The molecule has 2 rings (SSSR count). The minimum absolute atomic E-state index is 0.132. The molecule has 0 aromatic carbocycles. The summed E-state index contributed by atoms with van der Waals surface area (Å²) in [5, 5.41) is 10.5. The van der Waals surface area contributed by atoms with Gasteiger partial charge in [-0.1, -0.05) is 44.9 Å². The van der Waals surface area contributed by atoms with E-state index in [4.69, 9.17) is 4.98 Å². The summed E-state index contributed by atoms with van der Waals surface area (Å²) in [6.07, 6.45) is 5.83. The van der Waals surface area contributed by atoms with E-state index in [0.717, 1.165) is 41.6 Å². The standard InChI is InChI=1S/C15H26N2OS/c1-4-6-12-13(11-18)19-14(16-12)17-9-7-15(3,5-2)8-10-17/h18H,4-11H2,1-3H3. The third-order valence-corrected chi connectivity index (χ3v) is 5.64. The summed E-state index contributed by atoms with van der Waals surface area (Å²) < 4.78 is 0. The number of nitrogens with zero attached hydrogens (tertiary/aromatic N) is 2. The molecule has 0 spiro atoms. The molecule has 1 aliphatic heterocycles. The molecule has 1 N–H and O–H groups in total. The number of thiazole rings is 1. The van der Waals surface area contributed by atoms with E-state index in [0.29, 0.717) is 5.41 Å². The van der Waals surface area contributed by atoms with Gasteiger partial charge in [0.1, 0.15) is 0 Å². The fourth-order valence-corrected chi connectivity index (χ4v) is 3.67. The zero-order valence-electron chi connectivity index (χ0n) is 12.4. The maximum Gasteiger partial charge on any atom is 0.185 e. The Kier molecular flexibility index (Phi) is 4.85. The Hall–Kier alpha value is -0.610. The van der Waals surface area contributed by atoms with Gasteiger partial charge < -0.3 is 10.0 Å². The molecule has 1 aromatic rings. The molecule has 0 amide bonds. The SMILES string of the molecule is CCCc1nc(N2CCC(C)(CC)CC2)sc1CO. The molecule has 19 heavy (non-hydrogen) atoms. The Bertz CT molecular complexity index is 408. The molecular weight excluding hydrogens is 256 g/mol. The average Bonchev–Trinajstić information content (AvgIpc) is 2.83. The highest BCUT2D eigenvalue weighted by atomic mass is 32.1. The Morgan fingerprint density at radius 1 is 1.32 bits per heavy atom. The quantitative estimate of drug-likeness (QED) is 0.896. The van der Waals surface area contributed by atoms with Gasteiger partial charge in [0.2, 0.25) is 0 Å². The van der Waals surface area contributed by atoms with E-state index >= 15 is 0 Å². The Morgan fingerprint density at radius 3 is 2.53 bits per heavy atom. The predicted octanol–water partition coefficient (Wildman–Crippen LogP) is 3.60. The molecule has 0 unspecified atom stereocenters. The minimum Gasteiger partial charge on any atom is -0.391 e. The third-order valence-electron chi connectivity index (χ3n) is 4.49. The second-order valence-corrected chi connectivity index (χ2v) is 6.99. The number of aromatic nitrogens is 1. The molecule has 1 aromatic heterocycles. The second kappa shape index (κ2) is 6.23. The number of hydrogen-bond donors (Lipinski definition) is 1. The van der Waals surface area contributed by atoms with E-state index in [1.807, 2.05) is 0 Å². The first-order valence-electron chi connectivity index (χ1n) is 7.46. The molecule has 4 heteroatoms. The van der Waals surface area contributed by atoms with Crippen molar-refractivity contribution in [3.63, 3.8) is 0 Å². The van der Waals surface area contributed by atoms with Crippen molar-refractivity contribution in [2.24, 2.45) is 5.41 Å². The van der Waals surface area contributed by atoms with Crippen LogP contribution in [0.2, 0.25) is 0 Å². The molecule has 1 saturated heterocycles. The first-order chi connectivity index (χ1) is 9.11. The molecule has 0 aliphatic carbocycles. The van der Waals surface area contributed by atoms with Gasteiger partial charge in [0.05, 0.1) is 17.2 Å². The lowest BCUT2D eigenvalue weighted by Crippen LogP contribution is -2.38. The van der Waals surface area contributed by atoms with Crippen LogP contribution in [0.1, 0.15) is 57.0 Å². The van der Waals surface area contributed by atoms with Crippen LogP contribution in [0, 0.1) is 5.41 Å². The van der Waals surface area contributed by atoms with E-state index in [9.17, 15) is 5.11 Å². The molecule has 1 fully saturated rings. The number of aliphatic hydroxyl groups excluding tert-OH is 1. The van der Waals surface area contributed by atoms with Gasteiger partial charge in [0, 0.05) is 13.1 Å². The van der Waals surface area contributed by atoms with E-state index in [2.05, 4.69) is 25.7 Å². The van der Waals surface area contributed by atoms with Gasteiger partial charge in [-0.25, -0.2) is 4.98 Å². The van der Waals surface area contributed by atoms with Crippen LogP contribution >= 0.6 is 11.3 Å². The maximum absolute atomic E-state index is 9.43. The largest absolute Gasteiger partial charge is 0.391 e. The van der Waals surface area contributed by atoms with Crippen LogP contribution in [-0.4, -0.2) is 23.2 Å². The Labute approximate surface area is 120 Å². The first-order valence-corrected chi connectivity index (χ1v) is 8.28. The van der Waals surface area contributed by atoms with Crippen molar-refractivity contribution in [3.05, 3.63) is 10.6 Å². The van der Waals surface area contributed by atoms with E-state index in [1.165, 1.54) is 19.3 Å². The van der Waals surface area contributed by atoms with Crippen LogP contribution in [0.3, 0.4) is 0 Å². The van der Waals surface area contributed by atoms with Crippen LogP contribution in [-0.2, 0) is 13.0 Å². The Balaban J connectivity index is 2.07. The summed E-state index contributed by atoms with van der Waals surface area (Å²) in [5.74, 6) is 0. The van der Waals surface area contributed by atoms with Crippen molar-refractivity contribution in [2.45, 2.75) is 59.5 Å². The summed E-state index contributed by atoms with van der Waals surface area (Å²) in [7, 11) is 0. The van der Waals surface area contributed by atoms with E-state index in [1.54, 1.807) is 11.3 Å². The molecule has 0 atom stereocenters. The normalized spacial score (nSPS) is 18.8. The molecule has 2 heterocycles. The monoisotopic (exact) mass is 282 g/mol. The van der Waals surface area contributed by atoms with Gasteiger partial charge in [-0.15, -0.1) is 0 Å². The number of hydrogen-bond acceptors (Lipinski definition) is 4. The van der Waals surface area contributed by atoms with Crippen LogP contribution in [0.15, 0.2) is 0 Å². The molecule has 3 nitrogen and oxygen atoms in total. The summed E-state index contributed by atoms with van der Waals surface area (Å²) in [4.78, 5) is 8.21. The van der Waals surface area contributed by atoms with Crippen molar-refractivity contribution in [1.29, 1.82) is 0 Å². The molecule has 0 saturated carbocycles. The smallest absolute Gasteiger partial charge is 0.185 e. The topological polar surface area (TPSA) is 36.4 Å². The minimum atomic E-state index is 0.132. The van der Waals surface area contributed by atoms with Crippen LogP contribution in [0.4, 0.5) is 5.13 Å².